The zero-order chi connectivity index (χ0) is 10.2. The van der Waals surface area contributed by atoms with Gasteiger partial charge in [0, 0.05) is 0 Å². The molecule has 0 nitrogen and oxygen atoms in total. The maximum atomic E-state index is 2.88. The molecule has 1 rings (SSSR count). The third kappa shape index (κ3) is 4.63. The first-order chi connectivity index (χ1) is 6.84. The number of unbranched alkanes of at least 4 members (excludes halogenated alkanes) is 5. The summed E-state index contributed by atoms with van der Waals surface area (Å²) in [5.41, 5.74) is 1.59. The fraction of sp³-hybridized carbons (Fsp3) is 0.667. The largest absolute Gasteiger partial charge is 0.132 e. The quantitative estimate of drug-likeness (QED) is 0.486. The van der Waals surface area contributed by atoms with Gasteiger partial charge in [0.05, 0.1) is 0 Å². The zero-order valence-electron chi connectivity index (χ0n) is 9.18. The van der Waals surface area contributed by atoms with Crippen LogP contribution in [0.1, 0.15) is 51.0 Å². The van der Waals surface area contributed by atoms with Crippen LogP contribution in [0.2, 0.25) is 0 Å². The van der Waals surface area contributed by atoms with E-state index in [0.29, 0.717) is 0 Å². The number of aryl methyl sites for hydroxylation is 1. The van der Waals surface area contributed by atoms with Crippen molar-refractivity contribution in [2.75, 3.05) is 0 Å². The minimum atomic E-state index is 0.937. The van der Waals surface area contributed by atoms with Gasteiger partial charge in [-0.2, -0.15) is 0 Å². The maximum absolute atomic E-state index is 2.88. The van der Waals surface area contributed by atoms with Gasteiger partial charge in [0.2, 0.25) is 0 Å². The van der Waals surface area contributed by atoms with Crippen LogP contribution in [0.4, 0.5) is 0 Å². The van der Waals surface area contributed by atoms with Crippen molar-refractivity contribution in [1.29, 1.82) is 0 Å². The van der Waals surface area contributed by atoms with Gasteiger partial charge in [-0.15, -0.1) is 17.4 Å². The molecule has 0 saturated heterocycles. The van der Waals surface area contributed by atoms with Gasteiger partial charge in [0.25, 0.3) is 0 Å². The highest BCUT2D eigenvalue weighted by atomic mass is 31.1. The normalized spacial score (nSPS) is 11.3. The van der Waals surface area contributed by atoms with Gasteiger partial charge in [0.1, 0.15) is 0 Å². The molecule has 0 aromatic carbocycles. The topological polar surface area (TPSA) is 0 Å². The second kappa shape index (κ2) is 7.49. The molecule has 0 radical (unpaired) electrons. The third-order valence-electron chi connectivity index (χ3n) is 2.67. The lowest BCUT2D eigenvalue weighted by Gasteiger charge is -2.01. The fourth-order valence-electron chi connectivity index (χ4n) is 1.73. The Morgan fingerprint density at radius 1 is 1.14 bits per heavy atom. The van der Waals surface area contributed by atoms with E-state index in [4.69, 9.17) is 0 Å². The minimum absolute atomic E-state index is 0.937. The van der Waals surface area contributed by atoms with Crippen molar-refractivity contribution < 1.29 is 0 Å². The number of rotatable bonds is 7. The molecule has 2 atom stereocenters. The Hall–Kier alpha value is 0.210. The maximum Gasteiger partial charge on any atom is -0.0108 e. The van der Waals surface area contributed by atoms with Crippen molar-refractivity contribution >= 4 is 22.5 Å². The van der Waals surface area contributed by atoms with Gasteiger partial charge in [-0.25, -0.2) is 0 Å². The van der Waals surface area contributed by atoms with Crippen molar-refractivity contribution in [3.63, 3.8) is 0 Å². The molecule has 2 heteroatoms. The first-order valence-electron chi connectivity index (χ1n) is 5.76. The van der Waals surface area contributed by atoms with Crippen LogP contribution in [0.5, 0.6) is 0 Å². The summed E-state index contributed by atoms with van der Waals surface area (Å²) < 4.78 is 0. The van der Waals surface area contributed by atoms with E-state index in [-0.39, 0.29) is 0 Å². The van der Waals surface area contributed by atoms with Crippen LogP contribution < -0.4 is 5.04 Å². The molecule has 0 amide bonds. The number of hydrogen-bond donors (Lipinski definition) is 0. The van der Waals surface area contributed by atoms with E-state index in [2.05, 4.69) is 28.0 Å². The van der Waals surface area contributed by atoms with E-state index in [1.807, 2.05) is 0 Å². The van der Waals surface area contributed by atoms with Crippen molar-refractivity contribution in [3.05, 3.63) is 17.4 Å². The Labute approximate surface area is 92.2 Å². The van der Waals surface area contributed by atoms with Crippen molar-refractivity contribution in [1.82, 2.24) is 0 Å². The van der Waals surface area contributed by atoms with Crippen molar-refractivity contribution in [2.45, 2.75) is 51.9 Å². The van der Waals surface area contributed by atoms with Crippen LogP contribution in [0, 0.1) is 0 Å². The summed E-state index contributed by atoms with van der Waals surface area (Å²) in [7, 11) is 3.82. The molecule has 0 aliphatic heterocycles. The molecule has 1 aromatic heterocycles. The second-order valence-electron chi connectivity index (χ2n) is 3.93. The van der Waals surface area contributed by atoms with E-state index in [9.17, 15) is 0 Å². The van der Waals surface area contributed by atoms with E-state index >= 15 is 0 Å². The SMILES string of the molecule is CCCCCCCCc1cc[pH]c1P. The molecule has 1 aromatic rings. The Bertz CT molecular complexity index is 240. The van der Waals surface area contributed by atoms with Crippen molar-refractivity contribution in [2.24, 2.45) is 0 Å². The molecule has 80 valence electrons. The van der Waals surface area contributed by atoms with Gasteiger partial charge >= 0.3 is 0 Å². The summed E-state index contributed by atoms with van der Waals surface area (Å²) in [5.74, 6) is 2.30. The molecule has 0 aliphatic rings. The lowest BCUT2D eigenvalue weighted by molar-refractivity contribution is 0.608. The fourth-order valence-corrected chi connectivity index (χ4v) is 3.12. The predicted molar refractivity (Wildman–Crippen MR) is 72.4 cm³/mol. The Morgan fingerprint density at radius 3 is 2.50 bits per heavy atom. The van der Waals surface area contributed by atoms with Gasteiger partial charge in [-0.05, 0) is 29.2 Å². The lowest BCUT2D eigenvalue weighted by Crippen LogP contribution is -1.93. The van der Waals surface area contributed by atoms with Gasteiger partial charge in [-0.3, -0.25) is 0 Å². The summed E-state index contributed by atoms with van der Waals surface area (Å²) in [6.07, 6.45) is 9.72. The molecule has 2 unspecified atom stereocenters. The summed E-state index contributed by atoms with van der Waals surface area (Å²) in [4.78, 5) is 0. The van der Waals surface area contributed by atoms with Crippen LogP contribution >= 0.6 is 17.4 Å². The minimum Gasteiger partial charge on any atom is -0.132 e. The molecule has 0 N–H and O–H groups in total. The standard InChI is InChI=1S/C12H22P2/c1-2-3-4-5-6-7-8-11-9-10-14-12(11)13/h9-10,14H,2-8,13H2,1H3. The van der Waals surface area contributed by atoms with E-state index in [1.165, 1.54) is 44.9 Å². The van der Waals surface area contributed by atoms with Crippen LogP contribution in [0.25, 0.3) is 0 Å². The average Bonchev–Trinajstić information content (AvgIpc) is 2.58. The highest BCUT2D eigenvalue weighted by Gasteiger charge is 1.97. The Balaban J connectivity index is 2.02. The van der Waals surface area contributed by atoms with Gasteiger partial charge < -0.3 is 0 Å². The summed E-state index contributed by atoms with van der Waals surface area (Å²) in [6, 6.07) is 2.31. The van der Waals surface area contributed by atoms with Crippen LogP contribution in [-0.4, -0.2) is 0 Å². The molecular formula is C12H22P2. The van der Waals surface area contributed by atoms with E-state index < -0.39 is 0 Å². The first kappa shape index (κ1) is 12.3. The molecule has 0 saturated carbocycles. The summed E-state index contributed by atoms with van der Waals surface area (Å²) >= 11 is 0. The second-order valence-corrected chi connectivity index (χ2v) is 6.25. The van der Waals surface area contributed by atoms with E-state index in [0.717, 1.165) is 8.19 Å². The molecule has 0 aliphatic carbocycles. The molecular weight excluding hydrogens is 206 g/mol. The molecule has 0 fully saturated rings. The Morgan fingerprint density at radius 2 is 1.86 bits per heavy atom. The monoisotopic (exact) mass is 228 g/mol. The molecule has 1 heterocycles. The predicted octanol–water partition coefficient (Wildman–Crippen LogP) is 4.12. The van der Waals surface area contributed by atoms with Crippen LogP contribution in [-0.2, 0) is 6.42 Å². The number of hydrogen-bond acceptors (Lipinski definition) is 0. The Kier molecular flexibility index (Phi) is 6.57. The highest BCUT2D eigenvalue weighted by Crippen LogP contribution is 2.15. The third-order valence-corrected chi connectivity index (χ3v) is 4.51. The van der Waals surface area contributed by atoms with Crippen molar-refractivity contribution in [3.8, 4) is 0 Å². The lowest BCUT2D eigenvalue weighted by atomic mass is 10.1. The molecule has 0 bridgehead atoms. The average molecular weight is 228 g/mol. The van der Waals surface area contributed by atoms with E-state index in [1.54, 1.807) is 10.6 Å². The molecule has 14 heavy (non-hydrogen) atoms. The first-order valence-corrected chi connectivity index (χ1v) is 7.41. The zero-order valence-corrected chi connectivity index (χ0v) is 11.3. The van der Waals surface area contributed by atoms with Gasteiger partial charge in [-0.1, -0.05) is 45.1 Å². The summed E-state index contributed by atoms with van der Waals surface area (Å²) in [6.45, 7) is 2.27. The van der Waals surface area contributed by atoms with Gasteiger partial charge in [0.15, 0.2) is 0 Å². The van der Waals surface area contributed by atoms with Crippen LogP contribution in [0.15, 0.2) is 11.9 Å². The smallest absolute Gasteiger partial charge is 0.0108 e. The highest BCUT2D eigenvalue weighted by molar-refractivity contribution is 7.51. The summed E-state index contributed by atoms with van der Waals surface area (Å²) in [5, 5.41) is 1.54. The molecule has 0 spiro atoms. The van der Waals surface area contributed by atoms with Crippen LogP contribution in [0.3, 0.4) is 0 Å².